The lowest BCUT2D eigenvalue weighted by atomic mass is 9.94. The van der Waals surface area contributed by atoms with Crippen LogP contribution in [0.2, 0.25) is 0 Å². The molecule has 2 amide bonds. The van der Waals surface area contributed by atoms with E-state index in [1.54, 1.807) is 11.8 Å². The van der Waals surface area contributed by atoms with Gasteiger partial charge in [0.25, 0.3) is 0 Å². The van der Waals surface area contributed by atoms with Crippen LogP contribution in [0.5, 0.6) is 0 Å². The van der Waals surface area contributed by atoms with Gasteiger partial charge < -0.3 is 20.1 Å². The van der Waals surface area contributed by atoms with Crippen molar-refractivity contribution < 1.29 is 24.2 Å². The molecular formula is C12H20N2O5. The number of nitrogens with zero attached hydrogens (tertiary/aromatic N) is 1. The van der Waals surface area contributed by atoms with Crippen LogP contribution in [0.15, 0.2) is 0 Å². The summed E-state index contributed by atoms with van der Waals surface area (Å²) in [7, 11) is 0. The highest BCUT2D eigenvalue weighted by Crippen LogP contribution is 2.20. The number of ether oxygens (including phenoxy) is 1. The van der Waals surface area contributed by atoms with E-state index in [0.717, 1.165) is 0 Å². The molecule has 1 rings (SSSR count). The van der Waals surface area contributed by atoms with Crippen molar-refractivity contribution in [3.63, 3.8) is 0 Å². The van der Waals surface area contributed by atoms with Crippen molar-refractivity contribution in [2.75, 3.05) is 26.2 Å². The molecule has 1 heterocycles. The molecule has 1 aliphatic rings. The highest BCUT2D eigenvalue weighted by atomic mass is 16.5. The Labute approximate surface area is 111 Å². The first-order chi connectivity index (χ1) is 9.02. The minimum Gasteiger partial charge on any atom is -0.481 e. The lowest BCUT2D eigenvalue weighted by Crippen LogP contribution is -2.46. The average molecular weight is 272 g/mol. The number of aliphatic carboxylic acids is 1. The van der Waals surface area contributed by atoms with E-state index >= 15 is 0 Å². The molecule has 0 atom stereocenters. The molecule has 2 N–H and O–H groups in total. The zero-order valence-electron chi connectivity index (χ0n) is 11.1. The van der Waals surface area contributed by atoms with Gasteiger partial charge in [-0.25, -0.2) is 4.79 Å². The Morgan fingerprint density at radius 2 is 1.95 bits per heavy atom. The van der Waals surface area contributed by atoms with Gasteiger partial charge in [0.1, 0.15) is 6.54 Å². The zero-order chi connectivity index (χ0) is 14.3. The molecule has 1 fully saturated rings. The highest BCUT2D eigenvalue weighted by molar-refractivity contribution is 5.80. The summed E-state index contributed by atoms with van der Waals surface area (Å²) in [5.74, 6) is -1.13. The fourth-order valence-electron chi connectivity index (χ4n) is 2.06. The van der Waals surface area contributed by atoms with E-state index in [1.807, 2.05) is 0 Å². The third-order valence-electron chi connectivity index (χ3n) is 3.05. The summed E-state index contributed by atoms with van der Waals surface area (Å²) in [5.41, 5.74) is 0. The van der Waals surface area contributed by atoms with Gasteiger partial charge in [0, 0.05) is 19.5 Å². The monoisotopic (exact) mass is 272 g/mol. The number of urea groups is 1. The van der Waals surface area contributed by atoms with Crippen LogP contribution < -0.4 is 5.32 Å². The topological polar surface area (TPSA) is 95.9 Å². The molecule has 0 bridgehead atoms. The maximum Gasteiger partial charge on any atom is 0.325 e. The fraction of sp³-hybridized carbons (Fsp3) is 0.750. The summed E-state index contributed by atoms with van der Waals surface area (Å²) in [6.07, 6.45) is 1.51. The quantitative estimate of drug-likeness (QED) is 0.708. The van der Waals surface area contributed by atoms with Crippen molar-refractivity contribution in [2.24, 2.45) is 5.92 Å². The maximum atomic E-state index is 11.7. The second-order valence-corrected chi connectivity index (χ2v) is 4.49. The molecular weight excluding hydrogens is 252 g/mol. The molecule has 108 valence electrons. The number of rotatable bonds is 5. The summed E-state index contributed by atoms with van der Waals surface area (Å²) in [6.45, 7) is 2.89. The Kier molecular flexibility index (Phi) is 6.11. The number of nitrogens with one attached hydrogen (secondary N) is 1. The number of carbonyl (C=O) groups is 3. The molecule has 0 unspecified atom stereocenters. The maximum absolute atomic E-state index is 11.7. The van der Waals surface area contributed by atoms with E-state index in [2.05, 4.69) is 5.32 Å². The SMILES string of the molecule is CCOC(=O)CNC(=O)N1CCC(CC(=O)O)CC1. The summed E-state index contributed by atoms with van der Waals surface area (Å²) in [5, 5.41) is 11.2. The van der Waals surface area contributed by atoms with Crippen molar-refractivity contribution in [2.45, 2.75) is 26.2 Å². The van der Waals surface area contributed by atoms with E-state index in [-0.39, 0.29) is 31.5 Å². The van der Waals surface area contributed by atoms with Crippen LogP contribution >= 0.6 is 0 Å². The van der Waals surface area contributed by atoms with Crippen molar-refractivity contribution in [3.05, 3.63) is 0 Å². The van der Waals surface area contributed by atoms with Gasteiger partial charge in [-0.15, -0.1) is 0 Å². The first kappa shape index (κ1) is 15.3. The van der Waals surface area contributed by atoms with Crippen LogP contribution in [0.25, 0.3) is 0 Å². The predicted molar refractivity (Wildman–Crippen MR) is 66.6 cm³/mol. The Morgan fingerprint density at radius 3 is 2.47 bits per heavy atom. The molecule has 0 aromatic rings. The third-order valence-corrected chi connectivity index (χ3v) is 3.05. The lowest BCUT2D eigenvalue weighted by Gasteiger charge is -2.31. The van der Waals surface area contributed by atoms with E-state index in [0.29, 0.717) is 25.9 Å². The molecule has 0 radical (unpaired) electrons. The van der Waals surface area contributed by atoms with Crippen molar-refractivity contribution in [1.82, 2.24) is 10.2 Å². The molecule has 7 nitrogen and oxygen atoms in total. The van der Waals surface area contributed by atoms with Crippen molar-refractivity contribution in [1.29, 1.82) is 0 Å². The molecule has 0 aromatic heterocycles. The number of esters is 1. The van der Waals surface area contributed by atoms with Gasteiger partial charge in [0.05, 0.1) is 6.61 Å². The predicted octanol–water partition coefficient (Wildman–Crippen LogP) is 0.446. The molecule has 0 aliphatic carbocycles. The minimum absolute atomic E-state index is 0.131. The Hall–Kier alpha value is -1.79. The summed E-state index contributed by atoms with van der Waals surface area (Å²) in [4.78, 5) is 35.0. The standard InChI is InChI=1S/C12H20N2O5/c1-2-19-11(17)8-13-12(18)14-5-3-9(4-6-14)7-10(15)16/h9H,2-8H2,1H3,(H,13,18)(H,15,16). The van der Waals surface area contributed by atoms with Crippen molar-refractivity contribution >= 4 is 18.0 Å². The third kappa shape index (κ3) is 5.58. The smallest absolute Gasteiger partial charge is 0.325 e. The minimum atomic E-state index is -0.801. The number of hydrogen-bond acceptors (Lipinski definition) is 4. The van der Waals surface area contributed by atoms with Gasteiger partial charge in [-0.1, -0.05) is 0 Å². The zero-order valence-corrected chi connectivity index (χ0v) is 11.1. The lowest BCUT2D eigenvalue weighted by molar-refractivity contribution is -0.142. The van der Waals surface area contributed by atoms with Gasteiger partial charge in [0.15, 0.2) is 0 Å². The van der Waals surface area contributed by atoms with Crippen LogP contribution in [0, 0.1) is 5.92 Å². The molecule has 1 saturated heterocycles. The van der Waals surface area contributed by atoms with E-state index in [1.165, 1.54) is 0 Å². The number of hydrogen-bond donors (Lipinski definition) is 2. The first-order valence-corrected chi connectivity index (χ1v) is 6.43. The Balaban J connectivity index is 2.25. The van der Waals surface area contributed by atoms with Gasteiger partial charge in [0.2, 0.25) is 0 Å². The summed E-state index contributed by atoms with van der Waals surface area (Å²) >= 11 is 0. The number of carboxylic acids is 1. The van der Waals surface area contributed by atoms with Crippen LogP contribution in [0.1, 0.15) is 26.2 Å². The van der Waals surface area contributed by atoms with Crippen molar-refractivity contribution in [3.8, 4) is 0 Å². The van der Waals surface area contributed by atoms with Gasteiger partial charge in [-0.2, -0.15) is 0 Å². The highest BCUT2D eigenvalue weighted by Gasteiger charge is 2.24. The first-order valence-electron chi connectivity index (χ1n) is 6.43. The molecule has 0 saturated carbocycles. The normalized spacial score (nSPS) is 15.9. The number of carbonyl (C=O) groups excluding carboxylic acids is 2. The molecule has 0 aromatic carbocycles. The number of piperidine rings is 1. The van der Waals surface area contributed by atoms with Crippen LogP contribution in [0.4, 0.5) is 4.79 Å². The number of carboxylic acid groups (broad SMARTS) is 1. The second kappa shape index (κ2) is 7.60. The van der Waals surface area contributed by atoms with Gasteiger partial charge >= 0.3 is 18.0 Å². The summed E-state index contributed by atoms with van der Waals surface area (Å²) < 4.78 is 4.70. The van der Waals surface area contributed by atoms with Crippen LogP contribution in [0.3, 0.4) is 0 Å². The van der Waals surface area contributed by atoms with E-state index in [4.69, 9.17) is 9.84 Å². The van der Waals surface area contributed by atoms with Gasteiger partial charge in [-0.05, 0) is 25.7 Å². The Morgan fingerprint density at radius 1 is 1.32 bits per heavy atom. The van der Waals surface area contributed by atoms with Gasteiger partial charge in [-0.3, -0.25) is 9.59 Å². The number of amides is 2. The molecule has 19 heavy (non-hydrogen) atoms. The van der Waals surface area contributed by atoms with Crippen LogP contribution in [-0.4, -0.2) is 54.2 Å². The largest absolute Gasteiger partial charge is 0.481 e. The average Bonchev–Trinajstić information content (AvgIpc) is 2.36. The van der Waals surface area contributed by atoms with Crippen LogP contribution in [-0.2, 0) is 14.3 Å². The van der Waals surface area contributed by atoms with E-state index in [9.17, 15) is 14.4 Å². The van der Waals surface area contributed by atoms with E-state index < -0.39 is 11.9 Å². The Bertz CT molecular complexity index is 337. The fourth-order valence-corrected chi connectivity index (χ4v) is 2.06. The number of likely N-dealkylation sites (tertiary alicyclic amines) is 1. The molecule has 0 spiro atoms. The second-order valence-electron chi connectivity index (χ2n) is 4.49. The summed E-state index contributed by atoms with van der Waals surface area (Å²) in [6, 6.07) is -0.304. The molecule has 1 aliphatic heterocycles. The molecule has 7 heteroatoms.